The summed E-state index contributed by atoms with van der Waals surface area (Å²) in [5.41, 5.74) is 2.75. The lowest BCUT2D eigenvalue weighted by Gasteiger charge is -2.21. The van der Waals surface area contributed by atoms with E-state index in [2.05, 4.69) is 36.1 Å². The summed E-state index contributed by atoms with van der Waals surface area (Å²) in [6, 6.07) is 7.00. The molecule has 1 atom stereocenters. The molecule has 25 heavy (non-hydrogen) atoms. The number of carbonyl (C=O) groups is 2. The molecule has 0 saturated heterocycles. The number of hydrogen-bond acceptors (Lipinski definition) is 4. The van der Waals surface area contributed by atoms with Crippen LogP contribution in [0.15, 0.2) is 36.7 Å². The third-order valence-electron chi connectivity index (χ3n) is 3.88. The van der Waals surface area contributed by atoms with Gasteiger partial charge in [0.1, 0.15) is 5.69 Å². The predicted octanol–water partition coefficient (Wildman–Crippen LogP) is 3.03. The van der Waals surface area contributed by atoms with Crippen molar-refractivity contribution in [3.05, 3.63) is 59.2 Å². The molecule has 6 nitrogen and oxygen atoms in total. The molecule has 6 heteroatoms. The molecule has 1 aromatic heterocycles. The van der Waals surface area contributed by atoms with Crippen LogP contribution < -0.4 is 5.32 Å². The van der Waals surface area contributed by atoms with Crippen LogP contribution in [0.3, 0.4) is 0 Å². The molecule has 1 amide bonds. The fraction of sp³-hybridized carbons (Fsp3) is 0.368. The Morgan fingerprint density at radius 2 is 1.76 bits per heavy atom. The van der Waals surface area contributed by atoms with E-state index in [9.17, 15) is 9.59 Å². The highest BCUT2D eigenvalue weighted by Crippen LogP contribution is 2.25. The Balaban J connectivity index is 2.22. The van der Waals surface area contributed by atoms with Crippen molar-refractivity contribution >= 4 is 11.9 Å². The lowest BCUT2D eigenvalue weighted by atomic mass is 9.86. The third kappa shape index (κ3) is 5.11. The van der Waals surface area contributed by atoms with Crippen molar-refractivity contribution < 1.29 is 14.7 Å². The minimum absolute atomic E-state index is 0.00155. The van der Waals surface area contributed by atoms with Crippen LogP contribution in [0.5, 0.6) is 0 Å². The van der Waals surface area contributed by atoms with Crippen LogP contribution in [-0.2, 0) is 10.2 Å². The van der Waals surface area contributed by atoms with E-state index >= 15 is 0 Å². The Morgan fingerprint density at radius 3 is 2.24 bits per heavy atom. The van der Waals surface area contributed by atoms with E-state index in [1.54, 1.807) is 6.92 Å². The molecule has 0 saturated carbocycles. The number of nitrogens with zero attached hydrogens (tertiary/aromatic N) is 2. The lowest BCUT2D eigenvalue weighted by Crippen LogP contribution is -2.31. The number of rotatable bonds is 5. The first-order valence-electron chi connectivity index (χ1n) is 8.08. The molecule has 0 bridgehead atoms. The van der Waals surface area contributed by atoms with Gasteiger partial charge < -0.3 is 10.4 Å². The van der Waals surface area contributed by atoms with Crippen LogP contribution >= 0.6 is 0 Å². The van der Waals surface area contributed by atoms with E-state index in [1.165, 1.54) is 12.4 Å². The van der Waals surface area contributed by atoms with Gasteiger partial charge >= 0.3 is 5.97 Å². The van der Waals surface area contributed by atoms with Gasteiger partial charge in [-0.3, -0.25) is 14.6 Å². The summed E-state index contributed by atoms with van der Waals surface area (Å²) >= 11 is 0. The zero-order chi connectivity index (χ0) is 18.6. The first-order chi connectivity index (χ1) is 11.7. The summed E-state index contributed by atoms with van der Waals surface area (Å²) in [6.45, 7) is 8.09. The lowest BCUT2D eigenvalue weighted by molar-refractivity contribution is -0.137. The maximum Gasteiger partial charge on any atom is 0.305 e. The van der Waals surface area contributed by atoms with Gasteiger partial charge in [0.15, 0.2) is 0 Å². The summed E-state index contributed by atoms with van der Waals surface area (Å²) in [4.78, 5) is 31.6. The van der Waals surface area contributed by atoms with Crippen LogP contribution in [-0.4, -0.2) is 27.0 Å². The van der Waals surface area contributed by atoms with E-state index in [0.29, 0.717) is 5.69 Å². The van der Waals surface area contributed by atoms with Crippen LogP contribution in [0, 0.1) is 6.92 Å². The topological polar surface area (TPSA) is 92.2 Å². The van der Waals surface area contributed by atoms with Crippen molar-refractivity contribution in [2.45, 2.75) is 45.6 Å². The van der Waals surface area contributed by atoms with Gasteiger partial charge in [-0.2, -0.15) is 0 Å². The molecular weight excluding hydrogens is 318 g/mol. The number of hydrogen-bond donors (Lipinski definition) is 2. The first-order valence-corrected chi connectivity index (χ1v) is 8.08. The fourth-order valence-corrected chi connectivity index (χ4v) is 2.38. The standard InChI is InChI=1S/C19H23N3O3/c1-12-10-21-16(11-20-12)18(25)22-15(9-17(23)24)13-5-7-14(8-6-13)19(2,3)4/h5-8,10-11,15H,9H2,1-4H3,(H,22,25)(H,23,24). The molecule has 0 radical (unpaired) electrons. The van der Waals surface area contributed by atoms with Gasteiger partial charge in [0.25, 0.3) is 5.91 Å². The Bertz CT molecular complexity index is 747. The Kier molecular flexibility index (Phi) is 5.51. The van der Waals surface area contributed by atoms with Crippen molar-refractivity contribution in [3.63, 3.8) is 0 Å². The maximum atomic E-state index is 12.3. The van der Waals surface area contributed by atoms with Gasteiger partial charge in [0, 0.05) is 6.20 Å². The molecular formula is C19H23N3O3. The molecule has 2 rings (SSSR count). The maximum absolute atomic E-state index is 12.3. The summed E-state index contributed by atoms with van der Waals surface area (Å²) in [7, 11) is 0. The zero-order valence-electron chi connectivity index (χ0n) is 14.9. The second kappa shape index (κ2) is 7.42. The smallest absolute Gasteiger partial charge is 0.305 e. The van der Waals surface area contributed by atoms with E-state index in [4.69, 9.17) is 5.11 Å². The molecule has 0 fully saturated rings. The number of carboxylic acid groups (broad SMARTS) is 1. The summed E-state index contributed by atoms with van der Waals surface area (Å²) in [5, 5.41) is 11.9. The average Bonchev–Trinajstić information content (AvgIpc) is 2.53. The second-order valence-corrected chi connectivity index (χ2v) is 7.04. The molecule has 0 aliphatic heterocycles. The van der Waals surface area contributed by atoms with Crippen LogP contribution in [0.1, 0.15) is 60.5 Å². The van der Waals surface area contributed by atoms with E-state index in [1.807, 2.05) is 24.3 Å². The minimum atomic E-state index is -0.986. The summed E-state index contributed by atoms with van der Waals surface area (Å²) in [6.07, 6.45) is 2.67. The number of aryl methyl sites for hydroxylation is 1. The third-order valence-corrected chi connectivity index (χ3v) is 3.88. The first kappa shape index (κ1) is 18.6. The minimum Gasteiger partial charge on any atom is -0.481 e. The zero-order valence-corrected chi connectivity index (χ0v) is 14.9. The van der Waals surface area contributed by atoms with Crippen molar-refractivity contribution in [2.75, 3.05) is 0 Å². The number of aliphatic carboxylic acids is 1. The van der Waals surface area contributed by atoms with Gasteiger partial charge in [-0.15, -0.1) is 0 Å². The van der Waals surface area contributed by atoms with E-state index < -0.39 is 17.9 Å². The van der Waals surface area contributed by atoms with Crippen molar-refractivity contribution in [2.24, 2.45) is 0 Å². The number of carboxylic acids is 1. The Hall–Kier alpha value is -2.76. The van der Waals surface area contributed by atoms with Crippen molar-refractivity contribution in [1.82, 2.24) is 15.3 Å². The Morgan fingerprint density at radius 1 is 1.12 bits per heavy atom. The second-order valence-electron chi connectivity index (χ2n) is 7.04. The summed E-state index contributed by atoms with van der Waals surface area (Å²) < 4.78 is 0. The SMILES string of the molecule is Cc1cnc(C(=O)NC(CC(=O)O)c2ccc(C(C)(C)C)cc2)cn1. The molecule has 2 aromatic rings. The van der Waals surface area contributed by atoms with Gasteiger partial charge in [-0.05, 0) is 23.5 Å². The van der Waals surface area contributed by atoms with E-state index in [-0.39, 0.29) is 17.5 Å². The van der Waals surface area contributed by atoms with Gasteiger partial charge in [-0.25, -0.2) is 4.98 Å². The molecule has 1 heterocycles. The van der Waals surface area contributed by atoms with Crippen LogP contribution in [0.4, 0.5) is 0 Å². The van der Waals surface area contributed by atoms with Crippen molar-refractivity contribution in [1.29, 1.82) is 0 Å². The van der Waals surface area contributed by atoms with Crippen molar-refractivity contribution in [3.8, 4) is 0 Å². The monoisotopic (exact) mass is 341 g/mol. The molecule has 0 spiro atoms. The van der Waals surface area contributed by atoms with Gasteiger partial charge in [0.05, 0.1) is 24.4 Å². The highest BCUT2D eigenvalue weighted by molar-refractivity contribution is 5.92. The number of carbonyl (C=O) groups excluding carboxylic acids is 1. The van der Waals surface area contributed by atoms with Gasteiger partial charge in [0.2, 0.25) is 0 Å². The quantitative estimate of drug-likeness (QED) is 0.872. The van der Waals surface area contributed by atoms with Gasteiger partial charge in [-0.1, -0.05) is 45.0 Å². The highest BCUT2D eigenvalue weighted by Gasteiger charge is 2.21. The number of benzene rings is 1. The normalized spacial score (nSPS) is 12.5. The predicted molar refractivity (Wildman–Crippen MR) is 94.4 cm³/mol. The van der Waals surface area contributed by atoms with E-state index in [0.717, 1.165) is 11.1 Å². The number of amides is 1. The summed E-state index contributed by atoms with van der Waals surface area (Å²) in [5.74, 6) is -1.43. The largest absolute Gasteiger partial charge is 0.481 e. The van der Waals surface area contributed by atoms with Crippen LogP contribution in [0.2, 0.25) is 0 Å². The molecule has 0 aliphatic carbocycles. The number of aromatic nitrogens is 2. The number of nitrogens with one attached hydrogen (secondary N) is 1. The molecule has 132 valence electrons. The van der Waals surface area contributed by atoms with Crippen LogP contribution in [0.25, 0.3) is 0 Å². The average molecular weight is 341 g/mol. The molecule has 2 N–H and O–H groups in total. The fourth-order valence-electron chi connectivity index (χ4n) is 2.38. The molecule has 1 unspecified atom stereocenters. The molecule has 0 aliphatic rings. The molecule has 1 aromatic carbocycles. The highest BCUT2D eigenvalue weighted by atomic mass is 16.4. The Labute approximate surface area is 147 Å².